The number of aromatic amines is 1. The van der Waals surface area contributed by atoms with Crippen LogP contribution in [0.1, 0.15) is 10.4 Å². The van der Waals surface area contributed by atoms with Gasteiger partial charge in [-0.05, 0) is 17.7 Å². The van der Waals surface area contributed by atoms with Crippen molar-refractivity contribution in [1.82, 2.24) is 15.0 Å². The number of nitrogen functional groups attached to an aromatic ring is 1. The highest BCUT2D eigenvalue weighted by Crippen LogP contribution is 2.23. The Morgan fingerprint density at radius 1 is 1.38 bits per heavy atom. The number of aromatic nitrogens is 3. The summed E-state index contributed by atoms with van der Waals surface area (Å²) < 4.78 is 0. The van der Waals surface area contributed by atoms with Gasteiger partial charge >= 0.3 is 0 Å². The van der Waals surface area contributed by atoms with Crippen LogP contribution in [0.25, 0.3) is 11.0 Å². The summed E-state index contributed by atoms with van der Waals surface area (Å²) in [7, 11) is 0. The quantitative estimate of drug-likeness (QED) is 0.709. The van der Waals surface area contributed by atoms with Crippen LogP contribution < -0.4 is 5.73 Å². The number of anilines is 1. The van der Waals surface area contributed by atoms with E-state index in [9.17, 15) is 0 Å². The van der Waals surface area contributed by atoms with Crippen LogP contribution in [0.4, 0.5) is 5.13 Å². The molecule has 3 N–H and O–H groups in total. The minimum absolute atomic E-state index is 0.618. The van der Waals surface area contributed by atoms with Crippen LogP contribution in [0.5, 0.6) is 0 Å². The summed E-state index contributed by atoms with van der Waals surface area (Å²) >= 11 is 1.53. The first-order chi connectivity index (χ1) is 7.83. The predicted molar refractivity (Wildman–Crippen MR) is 65.4 cm³/mol. The Kier molecular flexibility index (Phi) is 2.11. The van der Waals surface area contributed by atoms with Gasteiger partial charge in [0.15, 0.2) is 5.13 Å². The fourth-order valence-corrected chi connectivity index (χ4v) is 2.46. The van der Waals surface area contributed by atoms with E-state index in [-0.39, 0.29) is 0 Å². The molecule has 3 aromatic heterocycles. The van der Waals surface area contributed by atoms with Gasteiger partial charge < -0.3 is 10.7 Å². The van der Waals surface area contributed by atoms with Gasteiger partial charge in [0.1, 0.15) is 5.65 Å². The molecule has 80 valence electrons. The summed E-state index contributed by atoms with van der Waals surface area (Å²) in [5.41, 5.74) is 7.76. The molecule has 16 heavy (non-hydrogen) atoms. The lowest BCUT2D eigenvalue weighted by atomic mass is 10.1. The van der Waals surface area contributed by atoms with Gasteiger partial charge in [0.05, 0.1) is 0 Å². The standard InChI is InChI=1S/C11H10N4S/c12-11-15-6-8(16-11)4-7-5-14-10-9(7)2-1-3-13-10/h1-3,5-6H,4H2,(H2,12,15)(H,13,14). The molecule has 0 spiro atoms. The highest BCUT2D eigenvalue weighted by Gasteiger charge is 2.06. The van der Waals surface area contributed by atoms with Crippen LogP contribution in [0.15, 0.2) is 30.7 Å². The molecule has 0 saturated heterocycles. The van der Waals surface area contributed by atoms with Crippen LogP contribution in [-0.4, -0.2) is 15.0 Å². The van der Waals surface area contributed by atoms with E-state index in [1.54, 1.807) is 6.20 Å². The largest absolute Gasteiger partial charge is 0.375 e. The fraction of sp³-hybridized carbons (Fsp3) is 0.0909. The van der Waals surface area contributed by atoms with E-state index < -0.39 is 0 Å². The van der Waals surface area contributed by atoms with E-state index in [1.807, 2.05) is 18.5 Å². The van der Waals surface area contributed by atoms with Gasteiger partial charge in [-0.15, -0.1) is 11.3 Å². The molecule has 0 atom stereocenters. The van der Waals surface area contributed by atoms with Crippen molar-refractivity contribution >= 4 is 27.5 Å². The average Bonchev–Trinajstić information content (AvgIpc) is 2.87. The molecule has 0 fully saturated rings. The number of fused-ring (bicyclic) bond motifs is 1. The second-order valence-corrected chi connectivity index (χ2v) is 4.70. The lowest BCUT2D eigenvalue weighted by Crippen LogP contribution is -1.82. The summed E-state index contributed by atoms with van der Waals surface area (Å²) in [5, 5.41) is 1.78. The number of nitrogens with one attached hydrogen (secondary N) is 1. The van der Waals surface area contributed by atoms with Crippen molar-refractivity contribution in [2.45, 2.75) is 6.42 Å². The summed E-state index contributed by atoms with van der Waals surface area (Å²) in [6.45, 7) is 0. The smallest absolute Gasteiger partial charge is 0.180 e. The van der Waals surface area contributed by atoms with Gasteiger partial charge in [-0.3, -0.25) is 0 Å². The van der Waals surface area contributed by atoms with Gasteiger partial charge in [-0.1, -0.05) is 0 Å². The molecule has 0 aliphatic rings. The lowest BCUT2D eigenvalue weighted by Gasteiger charge is -1.94. The second kappa shape index (κ2) is 3.61. The molecule has 0 radical (unpaired) electrons. The Hall–Kier alpha value is -1.88. The summed E-state index contributed by atoms with van der Waals surface area (Å²) in [4.78, 5) is 12.6. The lowest BCUT2D eigenvalue weighted by molar-refractivity contribution is 1.23. The van der Waals surface area contributed by atoms with E-state index in [4.69, 9.17) is 5.73 Å². The maximum Gasteiger partial charge on any atom is 0.180 e. The maximum atomic E-state index is 5.61. The van der Waals surface area contributed by atoms with E-state index in [0.717, 1.165) is 17.5 Å². The monoisotopic (exact) mass is 230 g/mol. The third-order valence-electron chi connectivity index (χ3n) is 2.47. The molecular weight excluding hydrogens is 220 g/mol. The van der Waals surface area contributed by atoms with Crippen molar-refractivity contribution in [2.24, 2.45) is 0 Å². The van der Waals surface area contributed by atoms with Gasteiger partial charge in [0.25, 0.3) is 0 Å². The molecular formula is C11H10N4S. The SMILES string of the molecule is Nc1ncc(Cc2c[nH]c3ncccc23)s1. The number of hydrogen-bond donors (Lipinski definition) is 2. The number of nitrogens with zero attached hydrogens (tertiary/aromatic N) is 2. The summed E-state index contributed by atoms with van der Waals surface area (Å²) in [6.07, 6.45) is 6.45. The second-order valence-electron chi connectivity index (χ2n) is 3.56. The number of pyridine rings is 1. The number of rotatable bonds is 2. The average molecular weight is 230 g/mol. The van der Waals surface area contributed by atoms with E-state index in [0.29, 0.717) is 5.13 Å². The Morgan fingerprint density at radius 2 is 2.31 bits per heavy atom. The van der Waals surface area contributed by atoms with E-state index in [1.165, 1.54) is 21.8 Å². The highest BCUT2D eigenvalue weighted by molar-refractivity contribution is 7.15. The Labute approximate surface area is 96.2 Å². The van der Waals surface area contributed by atoms with Gasteiger partial charge in [-0.25, -0.2) is 9.97 Å². The van der Waals surface area contributed by atoms with Crippen molar-refractivity contribution in [2.75, 3.05) is 5.73 Å². The minimum Gasteiger partial charge on any atom is -0.375 e. The Morgan fingerprint density at radius 3 is 3.12 bits per heavy atom. The number of H-pyrrole nitrogens is 1. The predicted octanol–water partition coefficient (Wildman–Crippen LogP) is 2.19. The van der Waals surface area contributed by atoms with Crippen molar-refractivity contribution < 1.29 is 0 Å². The van der Waals surface area contributed by atoms with Crippen LogP contribution in [0.3, 0.4) is 0 Å². The molecule has 0 aromatic carbocycles. The molecule has 4 nitrogen and oxygen atoms in total. The molecule has 5 heteroatoms. The van der Waals surface area contributed by atoms with Crippen LogP contribution in [-0.2, 0) is 6.42 Å². The molecule has 3 heterocycles. The third kappa shape index (κ3) is 1.55. The Balaban J connectivity index is 2.00. The van der Waals surface area contributed by atoms with Crippen molar-refractivity contribution in [3.8, 4) is 0 Å². The molecule has 0 aliphatic heterocycles. The molecule has 0 saturated carbocycles. The van der Waals surface area contributed by atoms with Gasteiger partial charge in [-0.2, -0.15) is 0 Å². The van der Waals surface area contributed by atoms with Crippen molar-refractivity contribution in [3.05, 3.63) is 41.2 Å². The van der Waals surface area contributed by atoms with Crippen LogP contribution in [0.2, 0.25) is 0 Å². The van der Waals surface area contributed by atoms with Crippen molar-refractivity contribution in [1.29, 1.82) is 0 Å². The van der Waals surface area contributed by atoms with Gasteiger partial charge in [0.2, 0.25) is 0 Å². The molecule has 3 rings (SSSR count). The number of nitrogens with two attached hydrogens (primary N) is 1. The zero-order chi connectivity index (χ0) is 11.0. The zero-order valence-corrected chi connectivity index (χ0v) is 9.29. The molecule has 0 amide bonds. The molecule has 0 bridgehead atoms. The minimum atomic E-state index is 0.618. The van der Waals surface area contributed by atoms with Crippen LogP contribution >= 0.6 is 11.3 Å². The molecule has 0 unspecified atom stereocenters. The number of hydrogen-bond acceptors (Lipinski definition) is 4. The van der Waals surface area contributed by atoms with Crippen molar-refractivity contribution in [3.63, 3.8) is 0 Å². The first kappa shape index (κ1) is 9.35. The van der Waals surface area contributed by atoms with Crippen LogP contribution in [0, 0.1) is 0 Å². The summed E-state index contributed by atoms with van der Waals surface area (Å²) in [6, 6.07) is 4.01. The van der Waals surface area contributed by atoms with Gasteiger partial charge in [0, 0.05) is 35.3 Å². The zero-order valence-electron chi connectivity index (χ0n) is 8.47. The fourth-order valence-electron chi connectivity index (χ4n) is 1.75. The molecule has 0 aliphatic carbocycles. The highest BCUT2D eigenvalue weighted by atomic mass is 32.1. The maximum absolute atomic E-state index is 5.61. The van der Waals surface area contributed by atoms with E-state index in [2.05, 4.69) is 21.0 Å². The summed E-state index contributed by atoms with van der Waals surface area (Å²) in [5.74, 6) is 0. The normalized spacial score (nSPS) is 11.0. The third-order valence-corrected chi connectivity index (χ3v) is 3.30. The number of thiazole rings is 1. The van der Waals surface area contributed by atoms with E-state index >= 15 is 0 Å². The first-order valence-electron chi connectivity index (χ1n) is 4.94. The Bertz CT molecular complexity index is 625. The first-order valence-corrected chi connectivity index (χ1v) is 5.76. The molecule has 3 aromatic rings. The topological polar surface area (TPSA) is 67.6 Å².